The standard InChI is InChI=1S/C26H28F3N4O2SSi/c27-26(28,29)36(34,35)32-17-22-9-4-5-11-25(22)33(37(19-32)14-12-20-7-2-1-3-8-20)18-23-15-24-21(16-31-23)10-6-13-30-24/h1-5,7-9,11,15-16,30H,6,10,12-14,17-19H2. The number of alkyl halides is 3. The minimum Gasteiger partial charge on any atom is -0.391 e. The first-order valence-electron chi connectivity index (χ1n) is 12.2. The van der Waals surface area contributed by atoms with Crippen molar-refractivity contribution in [3.8, 4) is 0 Å². The van der Waals surface area contributed by atoms with Gasteiger partial charge in [-0.05, 0) is 54.1 Å². The maximum absolute atomic E-state index is 13.7. The van der Waals surface area contributed by atoms with Crippen molar-refractivity contribution in [1.82, 2.24) is 9.29 Å². The number of fused-ring (bicyclic) bond motifs is 2. The smallest absolute Gasteiger partial charge is 0.391 e. The van der Waals surface area contributed by atoms with Crippen molar-refractivity contribution in [3.05, 3.63) is 89.2 Å². The zero-order valence-electron chi connectivity index (χ0n) is 20.2. The van der Waals surface area contributed by atoms with E-state index < -0.39 is 24.5 Å². The van der Waals surface area contributed by atoms with E-state index in [1.54, 1.807) is 12.1 Å². The zero-order valence-corrected chi connectivity index (χ0v) is 22.0. The molecule has 37 heavy (non-hydrogen) atoms. The summed E-state index contributed by atoms with van der Waals surface area (Å²) in [5.74, 6) is 0. The number of pyridine rings is 1. The highest BCUT2D eigenvalue weighted by Crippen LogP contribution is 2.35. The molecule has 0 atom stereocenters. The molecule has 2 aliphatic rings. The number of nitrogens with zero attached hydrogens (tertiary/aromatic N) is 3. The lowest BCUT2D eigenvalue weighted by Gasteiger charge is -2.33. The Hall–Kier alpha value is -2.89. The first-order valence-corrected chi connectivity index (χ1v) is 15.5. The quantitative estimate of drug-likeness (QED) is 0.447. The van der Waals surface area contributed by atoms with Gasteiger partial charge in [-0.1, -0.05) is 48.5 Å². The van der Waals surface area contributed by atoms with Gasteiger partial charge >= 0.3 is 15.5 Å². The second-order valence-corrected chi connectivity index (χ2v) is 13.8. The maximum Gasteiger partial charge on any atom is 0.511 e. The van der Waals surface area contributed by atoms with Gasteiger partial charge in [-0.15, -0.1) is 0 Å². The van der Waals surface area contributed by atoms with Gasteiger partial charge in [0.15, 0.2) is 8.96 Å². The Labute approximate surface area is 216 Å². The van der Waals surface area contributed by atoms with Gasteiger partial charge in [0, 0.05) is 36.8 Å². The summed E-state index contributed by atoms with van der Waals surface area (Å²) in [6, 6.07) is 19.5. The fraction of sp³-hybridized carbons (Fsp3) is 0.346. The largest absolute Gasteiger partial charge is 0.511 e. The molecule has 11 heteroatoms. The molecule has 0 fully saturated rings. The molecule has 1 aromatic heterocycles. The van der Waals surface area contributed by atoms with Crippen LogP contribution in [0, 0.1) is 0 Å². The van der Waals surface area contributed by atoms with Gasteiger partial charge in [0.2, 0.25) is 0 Å². The molecule has 6 nitrogen and oxygen atoms in total. The van der Waals surface area contributed by atoms with Crippen LogP contribution < -0.4 is 9.88 Å². The molecule has 3 aromatic rings. The number of para-hydroxylation sites is 1. The van der Waals surface area contributed by atoms with Crippen molar-refractivity contribution < 1.29 is 21.6 Å². The van der Waals surface area contributed by atoms with Gasteiger partial charge < -0.3 is 9.88 Å². The van der Waals surface area contributed by atoms with E-state index in [0.29, 0.717) is 28.9 Å². The second kappa shape index (κ2) is 10.5. The highest BCUT2D eigenvalue weighted by Gasteiger charge is 2.51. The molecular formula is C26H28F3N4O2SSi. The van der Waals surface area contributed by atoms with Crippen LogP contribution >= 0.6 is 0 Å². The van der Waals surface area contributed by atoms with Crippen molar-refractivity contribution >= 4 is 30.4 Å². The van der Waals surface area contributed by atoms with Crippen molar-refractivity contribution in [3.63, 3.8) is 0 Å². The molecule has 1 radical (unpaired) electrons. The summed E-state index contributed by atoms with van der Waals surface area (Å²) in [5.41, 5.74) is 0.0518. The fourth-order valence-corrected chi connectivity index (χ4v) is 9.28. The minimum atomic E-state index is -5.48. The van der Waals surface area contributed by atoms with E-state index in [4.69, 9.17) is 0 Å². The van der Waals surface area contributed by atoms with Crippen LogP contribution in [0.3, 0.4) is 0 Å². The van der Waals surface area contributed by atoms with Crippen LogP contribution in [0.4, 0.5) is 24.5 Å². The van der Waals surface area contributed by atoms with E-state index in [1.165, 1.54) is 0 Å². The number of benzene rings is 2. The van der Waals surface area contributed by atoms with Gasteiger partial charge in [-0.2, -0.15) is 17.5 Å². The van der Waals surface area contributed by atoms with E-state index in [2.05, 4.69) is 14.9 Å². The molecule has 0 aliphatic carbocycles. The lowest BCUT2D eigenvalue weighted by atomic mass is 10.1. The predicted octanol–water partition coefficient (Wildman–Crippen LogP) is 4.88. The van der Waals surface area contributed by atoms with Crippen LogP contribution in [-0.4, -0.2) is 44.9 Å². The van der Waals surface area contributed by atoms with Gasteiger partial charge in [0.1, 0.15) is 0 Å². The Balaban J connectivity index is 1.53. The fourth-order valence-electron chi connectivity index (χ4n) is 4.91. The summed E-state index contributed by atoms with van der Waals surface area (Å²) in [4.78, 5) is 4.67. The van der Waals surface area contributed by atoms with Crippen molar-refractivity contribution in [2.75, 3.05) is 22.6 Å². The normalized spacial score (nSPS) is 17.0. The van der Waals surface area contributed by atoms with Crippen LogP contribution in [0.15, 0.2) is 66.9 Å². The molecule has 0 saturated heterocycles. The predicted molar refractivity (Wildman–Crippen MR) is 140 cm³/mol. The van der Waals surface area contributed by atoms with Crippen LogP contribution in [0.1, 0.15) is 28.8 Å². The third kappa shape index (κ3) is 5.53. The van der Waals surface area contributed by atoms with Gasteiger partial charge in [-0.3, -0.25) is 4.98 Å². The molecule has 0 spiro atoms. The molecule has 1 N–H and O–H groups in total. The number of rotatable bonds is 6. The summed E-state index contributed by atoms with van der Waals surface area (Å²) >= 11 is 0. The highest BCUT2D eigenvalue weighted by atomic mass is 32.2. The van der Waals surface area contributed by atoms with Crippen molar-refractivity contribution in [2.24, 2.45) is 0 Å². The number of hydrogen-bond donors (Lipinski definition) is 1. The number of anilines is 2. The highest BCUT2D eigenvalue weighted by molar-refractivity contribution is 7.90. The zero-order chi connectivity index (χ0) is 26.0. The molecule has 0 saturated carbocycles. The van der Waals surface area contributed by atoms with Crippen LogP contribution in [-0.2, 0) is 36.0 Å². The SMILES string of the molecule is O=S(=O)(N1Cc2ccccc2N(Cc2cc3c(cn2)CCCN3)[Si](CCc2ccccc2)C1)C(F)(F)F. The van der Waals surface area contributed by atoms with Crippen LogP contribution in [0.2, 0.25) is 6.04 Å². The van der Waals surface area contributed by atoms with Gasteiger partial charge in [0.25, 0.3) is 0 Å². The average molecular weight is 546 g/mol. The number of hydrogen-bond acceptors (Lipinski definition) is 5. The average Bonchev–Trinajstić information content (AvgIpc) is 3.04. The van der Waals surface area contributed by atoms with Crippen molar-refractivity contribution in [2.45, 2.75) is 43.9 Å². The van der Waals surface area contributed by atoms with Crippen LogP contribution in [0.5, 0.6) is 0 Å². The second-order valence-electron chi connectivity index (χ2n) is 9.35. The molecule has 3 heterocycles. The van der Waals surface area contributed by atoms with E-state index in [9.17, 15) is 21.6 Å². The molecule has 2 aliphatic heterocycles. The lowest BCUT2D eigenvalue weighted by molar-refractivity contribution is -0.0486. The molecule has 2 aromatic carbocycles. The van der Waals surface area contributed by atoms with E-state index in [1.807, 2.05) is 54.7 Å². The first kappa shape index (κ1) is 25.7. The molecule has 5 rings (SSSR count). The number of aromatic nitrogens is 1. The number of halogens is 3. The summed E-state index contributed by atoms with van der Waals surface area (Å²) in [6.07, 6.45) is 4.35. The molecule has 0 bridgehead atoms. The summed E-state index contributed by atoms with van der Waals surface area (Å²) in [7, 11) is -7.30. The summed E-state index contributed by atoms with van der Waals surface area (Å²) in [6.45, 7) is 0.974. The monoisotopic (exact) mass is 545 g/mol. The summed E-state index contributed by atoms with van der Waals surface area (Å²) < 4.78 is 68.9. The maximum atomic E-state index is 13.7. The third-order valence-corrected chi connectivity index (χ3v) is 11.3. The Morgan fingerprint density at radius 1 is 1.03 bits per heavy atom. The van der Waals surface area contributed by atoms with E-state index >= 15 is 0 Å². The van der Waals surface area contributed by atoms with Gasteiger partial charge in [-0.25, -0.2) is 8.42 Å². The molecule has 0 unspecified atom stereocenters. The van der Waals surface area contributed by atoms with Crippen molar-refractivity contribution in [1.29, 1.82) is 0 Å². The number of nitrogens with one attached hydrogen (secondary N) is 1. The Morgan fingerprint density at radius 2 is 1.78 bits per heavy atom. The minimum absolute atomic E-state index is 0.169. The summed E-state index contributed by atoms with van der Waals surface area (Å²) in [5, 5.41) is 3.41. The topological polar surface area (TPSA) is 65.5 Å². The Bertz CT molecular complexity index is 1360. The third-order valence-electron chi connectivity index (χ3n) is 6.85. The number of aryl methyl sites for hydroxylation is 2. The number of sulfonamides is 1. The molecule has 0 amide bonds. The molecule has 195 valence electrons. The Kier molecular flexibility index (Phi) is 7.28. The lowest BCUT2D eigenvalue weighted by Crippen LogP contribution is -2.50. The van der Waals surface area contributed by atoms with Crippen LogP contribution in [0.25, 0.3) is 0 Å². The Morgan fingerprint density at radius 3 is 2.57 bits per heavy atom. The van der Waals surface area contributed by atoms with E-state index in [0.717, 1.165) is 47.6 Å². The van der Waals surface area contributed by atoms with E-state index in [-0.39, 0.29) is 12.7 Å². The first-order chi connectivity index (χ1) is 17.7. The van der Waals surface area contributed by atoms with Gasteiger partial charge in [0.05, 0.1) is 12.2 Å². The molecular weight excluding hydrogens is 517 g/mol.